The first kappa shape index (κ1) is 8.97. The topological polar surface area (TPSA) is 46.2 Å². The molecule has 0 spiro atoms. The average Bonchev–Trinajstić information content (AvgIpc) is 2.80. The molecule has 70 valence electrons. The summed E-state index contributed by atoms with van der Waals surface area (Å²) in [6, 6.07) is 3.02. The van der Waals surface area contributed by atoms with Gasteiger partial charge in [-0.2, -0.15) is 0 Å². The van der Waals surface area contributed by atoms with Crippen molar-refractivity contribution < 1.29 is 9.50 Å². The Kier molecular flexibility index (Phi) is 1.85. The molecule has 1 fully saturated rings. The molecular formula is C9H9BrFNO. The number of hydrogen-bond acceptors (Lipinski definition) is 2. The first-order chi connectivity index (χ1) is 6.03. The molecule has 2 rings (SSSR count). The van der Waals surface area contributed by atoms with Crippen LogP contribution in [0, 0.1) is 5.82 Å². The minimum atomic E-state index is -0.631. The summed E-state index contributed by atoms with van der Waals surface area (Å²) >= 11 is 3.03. The Morgan fingerprint density at radius 2 is 2.08 bits per heavy atom. The summed E-state index contributed by atoms with van der Waals surface area (Å²) in [6.07, 6.45) is 1.79. The number of phenols is 1. The molecule has 0 atom stereocenters. The molecule has 0 bridgehead atoms. The summed E-state index contributed by atoms with van der Waals surface area (Å²) in [6.45, 7) is 0. The van der Waals surface area contributed by atoms with E-state index in [1.54, 1.807) is 6.07 Å². The average molecular weight is 246 g/mol. The number of rotatable bonds is 1. The number of phenolic OH excluding ortho intramolecular Hbond substituents is 1. The van der Waals surface area contributed by atoms with Crippen molar-refractivity contribution in [2.45, 2.75) is 18.4 Å². The van der Waals surface area contributed by atoms with Crippen LogP contribution in [0.4, 0.5) is 4.39 Å². The second-order valence-corrected chi connectivity index (χ2v) is 4.30. The van der Waals surface area contributed by atoms with Crippen molar-refractivity contribution in [2.75, 3.05) is 0 Å². The number of halogens is 2. The quantitative estimate of drug-likeness (QED) is 0.798. The van der Waals surface area contributed by atoms with E-state index in [2.05, 4.69) is 15.9 Å². The van der Waals surface area contributed by atoms with Crippen LogP contribution in [0.25, 0.3) is 0 Å². The first-order valence-corrected chi connectivity index (χ1v) is 4.80. The summed E-state index contributed by atoms with van der Waals surface area (Å²) < 4.78 is 13.2. The Morgan fingerprint density at radius 3 is 2.54 bits per heavy atom. The summed E-state index contributed by atoms with van der Waals surface area (Å²) in [4.78, 5) is 0. The van der Waals surface area contributed by atoms with Gasteiger partial charge in [-0.25, -0.2) is 4.39 Å². The lowest BCUT2D eigenvalue weighted by Gasteiger charge is -2.10. The second-order valence-electron chi connectivity index (χ2n) is 3.45. The summed E-state index contributed by atoms with van der Waals surface area (Å²) in [5.41, 5.74) is 6.35. The van der Waals surface area contributed by atoms with E-state index in [9.17, 15) is 9.50 Å². The zero-order chi connectivity index (χ0) is 9.64. The van der Waals surface area contributed by atoms with Gasteiger partial charge >= 0.3 is 0 Å². The molecule has 3 N–H and O–H groups in total. The van der Waals surface area contributed by atoms with Crippen molar-refractivity contribution in [1.29, 1.82) is 0 Å². The Balaban J connectivity index is 2.50. The lowest BCUT2D eigenvalue weighted by Crippen LogP contribution is -2.18. The van der Waals surface area contributed by atoms with Crippen LogP contribution in [-0.2, 0) is 5.54 Å². The van der Waals surface area contributed by atoms with Crippen molar-refractivity contribution in [3.05, 3.63) is 28.0 Å². The maximum Gasteiger partial charge on any atom is 0.178 e. The third-order valence-electron chi connectivity index (χ3n) is 2.37. The van der Waals surface area contributed by atoms with Crippen LogP contribution in [0.5, 0.6) is 5.75 Å². The monoisotopic (exact) mass is 245 g/mol. The first-order valence-electron chi connectivity index (χ1n) is 4.00. The maximum absolute atomic E-state index is 13.0. The van der Waals surface area contributed by atoms with Crippen molar-refractivity contribution in [3.63, 3.8) is 0 Å². The molecule has 0 aliphatic heterocycles. The van der Waals surface area contributed by atoms with Gasteiger partial charge in [-0.3, -0.25) is 0 Å². The lowest BCUT2D eigenvalue weighted by molar-refractivity contribution is 0.428. The van der Waals surface area contributed by atoms with Gasteiger partial charge in [-0.1, -0.05) is 0 Å². The molecule has 0 radical (unpaired) electrons. The van der Waals surface area contributed by atoms with Crippen LogP contribution in [0.3, 0.4) is 0 Å². The van der Waals surface area contributed by atoms with Crippen molar-refractivity contribution in [3.8, 4) is 5.75 Å². The van der Waals surface area contributed by atoms with Gasteiger partial charge in [0.2, 0.25) is 0 Å². The molecule has 4 heteroatoms. The van der Waals surface area contributed by atoms with Crippen molar-refractivity contribution in [1.82, 2.24) is 0 Å². The maximum atomic E-state index is 13.0. The largest absolute Gasteiger partial charge is 0.505 e. The Morgan fingerprint density at radius 1 is 1.46 bits per heavy atom. The van der Waals surface area contributed by atoms with Crippen LogP contribution < -0.4 is 5.73 Å². The van der Waals surface area contributed by atoms with E-state index in [0.29, 0.717) is 0 Å². The Bertz CT molecular complexity index is 340. The van der Waals surface area contributed by atoms with Crippen LogP contribution in [0.1, 0.15) is 18.4 Å². The van der Waals surface area contributed by atoms with Gasteiger partial charge in [0.1, 0.15) is 0 Å². The number of aromatic hydroxyl groups is 1. The summed E-state index contributed by atoms with van der Waals surface area (Å²) in [7, 11) is 0. The molecule has 2 nitrogen and oxygen atoms in total. The number of benzene rings is 1. The molecule has 1 aromatic carbocycles. The molecule has 1 aliphatic carbocycles. The zero-order valence-electron chi connectivity index (χ0n) is 6.85. The van der Waals surface area contributed by atoms with Gasteiger partial charge in [0.15, 0.2) is 11.6 Å². The zero-order valence-corrected chi connectivity index (χ0v) is 8.44. The summed E-state index contributed by atoms with van der Waals surface area (Å²) in [5, 5.41) is 9.21. The molecule has 0 unspecified atom stereocenters. The minimum Gasteiger partial charge on any atom is -0.505 e. The molecule has 1 saturated carbocycles. The molecule has 13 heavy (non-hydrogen) atoms. The van der Waals surface area contributed by atoms with Gasteiger partial charge < -0.3 is 10.8 Å². The fourth-order valence-corrected chi connectivity index (χ4v) is 1.74. The molecule has 0 aromatic heterocycles. The second kappa shape index (κ2) is 2.69. The third kappa shape index (κ3) is 1.44. The standard InChI is InChI=1S/C9H9BrFNO/c10-6-3-5(9(12)1-2-9)4-7(13)8(6)11/h3-4,13H,1-2,12H2. The van der Waals surface area contributed by atoms with Crippen molar-refractivity contribution in [2.24, 2.45) is 5.73 Å². The molecule has 0 amide bonds. The number of nitrogens with two attached hydrogens (primary N) is 1. The molecule has 0 saturated heterocycles. The molecular weight excluding hydrogens is 237 g/mol. The van der Waals surface area contributed by atoms with Crippen LogP contribution in [-0.4, -0.2) is 5.11 Å². The van der Waals surface area contributed by atoms with E-state index < -0.39 is 5.82 Å². The van der Waals surface area contributed by atoms with Gasteiger partial charge in [0.25, 0.3) is 0 Å². The highest BCUT2D eigenvalue weighted by atomic mass is 79.9. The SMILES string of the molecule is NC1(c2cc(O)c(F)c(Br)c2)CC1. The molecule has 1 aliphatic rings. The Labute approximate surface area is 83.7 Å². The fraction of sp³-hybridized carbons (Fsp3) is 0.333. The molecule has 0 heterocycles. The van der Waals surface area contributed by atoms with Crippen LogP contribution in [0.2, 0.25) is 0 Å². The highest BCUT2D eigenvalue weighted by molar-refractivity contribution is 9.10. The fourth-order valence-electron chi connectivity index (χ4n) is 1.29. The van der Waals surface area contributed by atoms with Crippen LogP contribution in [0.15, 0.2) is 16.6 Å². The van der Waals surface area contributed by atoms with Gasteiger partial charge in [-0.15, -0.1) is 0 Å². The predicted molar refractivity (Wildman–Crippen MR) is 50.9 cm³/mol. The van der Waals surface area contributed by atoms with Gasteiger partial charge in [0.05, 0.1) is 4.47 Å². The van der Waals surface area contributed by atoms with Gasteiger partial charge in [-0.05, 0) is 46.5 Å². The highest BCUT2D eigenvalue weighted by Crippen LogP contribution is 2.44. The van der Waals surface area contributed by atoms with Crippen LogP contribution >= 0.6 is 15.9 Å². The molecule has 1 aromatic rings. The van der Waals surface area contributed by atoms with E-state index in [1.807, 2.05) is 0 Å². The highest BCUT2D eigenvalue weighted by Gasteiger charge is 2.40. The van der Waals surface area contributed by atoms with Gasteiger partial charge in [0, 0.05) is 5.54 Å². The van der Waals surface area contributed by atoms with E-state index in [-0.39, 0.29) is 15.8 Å². The number of hydrogen-bond donors (Lipinski definition) is 2. The summed E-state index contributed by atoms with van der Waals surface area (Å²) in [5.74, 6) is -0.978. The minimum absolute atomic E-state index is 0.263. The van der Waals surface area contributed by atoms with Crippen molar-refractivity contribution >= 4 is 15.9 Å². The third-order valence-corrected chi connectivity index (χ3v) is 2.95. The van der Waals surface area contributed by atoms with E-state index in [1.165, 1.54) is 6.07 Å². The Hall–Kier alpha value is -0.610. The van der Waals surface area contributed by atoms with E-state index in [4.69, 9.17) is 5.73 Å². The van der Waals surface area contributed by atoms with E-state index in [0.717, 1.165) is 18.4 Å². The predicted octanol–water partition coefficient (Wildman–Crippen LogP) is 2.24. The smallest absolute Gasteiger partial charge is 0.178 e. The van der Waals surface area contributed by atoms with E-state index >= 15 is 0 Å². The lowest BCUT2D eigenvalue weighted by atomic mass is 10.1. The normalized spacial score (nSPS) is 18.7.